The summed E-state index contributed by atoms with van der Waals surface area (Å²) < 4.78 is 10.3. The van der Waals surface area contributed by atoms with Crippen molar-refractivity contribution < 1.29 is 44.0 Å². The van der Waals surface area contributed by atoms with Gasteiger partial charge in [-0.2, -0.15) is 11.8 Å². The van der Waals surface area contributed by atoms with Crippen LogP contribution in [0.2, 0.25) is 0 Å². The maximum atomic E-state index is 12.5. The summed E-state index contributed by atoms with van der Waals surface area (Å²) in [6, 6.07) is -1.83. The smallest absolute Gasteiger partial charge is 0.322 e. The molecule has 0 saturated carbocycles. The lowest BCUT2D eigenvalue weighted by molar-refractivity contribution is -0.144. The Morgan fingerprint density at radius 2 is 2.00 bits per heavy atom. The van der Waals surface area contributed by atoms with Gasteiger partial charge in [-0.3, -0.25) is 19.2 Å². The van der Waals surface area contributed by atoms with Crippen LogP contribution in [0.25, 0.3) is 0 Å². The fourth-order valence-corrected chi connectivity index (χ4v) is 4.70. The van der Waals surface area contributed by atoms with E-state index in [1.54, 1.807) is 7.11 Å². The molecular formula is C20H36N4O9S. The summed E-state index contributed by atoms with van der Waals surface area (Å²) in [6.07, 6.45) is 0.663. The third kappa shape index (κ3) is 10.1. The van der Waals surface area contributed by atoms with Crippen LogP contribution in [0.1, 0.15) is 26.2 Å². The Morgan fingerprint density at radius 1 is 1.29 bits per heavy atom. The van der Waals surface area contributed by atoms with Gasteiger partial charge in [0.25, 0.3) is 0 Å². The number of carboxylic acid groups (broad SMARTS) is 2. The molecule has 1 rings (SSSR count). The lowest BCUT2D eigenvalue weighted by Gasteiger charge is -2.34. The molecule has 2 unspecified atom stereocenters. The Kier molecular flexibility index (Phi) is 13.4. The fraction of sp³-hybridized carbons (Fsp3) is 0.800. The molecular weight excluding hydrogens is 472 g/mol. The molecule has 196 valence electrons. The van der Waals surface area contributed by atoms with Gasteiger partial charge in [0.15, 0.2) is 0 Å². The average Bonchev–Trinajstić information content (AvgIpc) is 2.98. The highest BCUT2D eigenvalue weighted by molar-refractivity contribution is 8.00. The fourth-order valence-electron chi connectivity index (χ4n) is 3.30. The Labute approximate surface area is 202 Å². The Morgan fingerprint density at radius 3 is 2.62 bits per heavy atom. The number of likely N-dealkylation sites (tertiary alicyclic amines) is 1. The highest BCUT2D eigenvalue weighted by Crippen LogP contribution is 2.36. The van der Waals surface area contributed by atoms with Gasteiger partial charge in [0.05, 0.1) is 31.1 Å². The molecule has 13 nitrogen and oxygen atoms in total. The molecule has 0 spiro atoms. The third-order valence-electron chi connectivity index (χ3n) is 5.30. The molecule has 0 aromatic carbocycles. The van der Waals surface area contributed by atoms with E-state index in [-0.39, 0.29) is 44.2 Å². The van der Waals surface area contributed by atoms with Crippen molar-refractivity contribution in [1.82, 2.24) is 15.5 Å². The summed E-state index contributed by atoms with van der Waals surface area (Å²) in [6.45, 7) is 2.49. The number of carbonyl (C=O) groups is 4. The van der Waals surface area contributed by atoms with Crippen LogP contribution in [-0.4, -0.2) is 119 Å². The molecule has 0 aliphatic carbocycles. The highest BCUT2D eigenvalue weighted by Gasteiger charge is 2.48. The third-order valence-corrected chi connectivity index (χ3v) is 6.84. The Bertz CT molecular complexity index is 695. The summed E-state index contributed by atoms with van der Waals surface area (Å²) in [5.41, 5.74) is 4.02. The van der Waals surface area contributed by atoms with Crippen LogP contribution in [0.3, 0.4) is 0 Å². The van der Waals surface area contributed by atoms with E-state index < -0.39 is 47.4 Å². The number of amides is 2. The van der Waals surface area contributed by atoms with Gasteiger partial charge >= 0.3 is 11.9 Å². The first-order valence-corrected chi connectivity index (χ1v) is 12.0. The molecule has 0 bridgehead atoms. The van der Waals surface area contributed by atoms with Crippen molar-refractivity contribution in [2.45, 2.75) is 49.2 Å². The first-order chi connectivity index (χ1) is 16.0. The zero-order chi connectivity index (χ0) is 25.7. The first-order valence-electron chi connectivity index (χ1n) is 10.9. The van der Waals surface area contributed by atoms with E-state index in [0.717, 1.165) is 0 Å². The number of rotatable bonds is 18. The summed E-state index contributed by atoms with van der Waals surface area (Å²) in [5, 5.41) is 33.4. The van der Waals surface area contributed by atoms with Crippen LogP contribution in [0, 0.1) is 0 Å². The number of nitrogens with two attached hydrogens (primary N) is 1. The van der Waals surface area contributed by atoms with Crippen molar-refractivity contribution in [2.75, 3.05) is 52.3 Å². The molecule has 1 saturated heterocycles. The maximum Gasteiger partial charge on any atom is 0.322 e. The summed E-state index contributed by atoms with van der Waals surface area (Å²) in [5.74, 6) is -2.94. The minimum atomic E-state index is -1.46. The molecule has 34 heavy (non-hydrogen) atoms. The van der Waals surface area contributed by atoms with E-state index in [4.69, 9.17) is 25.4 Å². The van der Waals surface area contributed by atoms with Gasteiger partial charge in [0, 0.05) is 25.8 Å². The van der Waals surface area contributed by atoms with Gasteiger partial charge < -0.3 is 46.1 Å². The molecule has 2 amide bonds. The van der Waals surface area contributed by atoms with E-state index in [2.05, 4.69) is 10.6 Å². The van der Waals surface area contributed by atoms with Gasteiger partial charge in [0.1, 0.15) is 18.3 Å². The van der Waals surface area contributed by atoms with Crippen molar-refractivity contribution in [2.24, 2.45) is 5.73 Å². The van der Waals surface area contributed by atoms with Gasteiger partial charge in [0.2, 0.25) is 11.8 Å². The van der Waals surface area contributed by atoms with Crippen LogP contribution < -0.4 is 16.4 Å². The van der Waals surface area contributed by atoms with Gasteiger partial charge in [-0.05, 0) is 26.3 Å². The number of methoxy groups -OCH3 is 1. The molecule has 1 aliphatic heterocycles. The number of ether oxygens (including phenoxy) is 2. The summed E-state index contributed by atoms with van der Waals surface area (Å²) >= 11 is 1.22. The number of thioether (sulfide) groups is 1. The van der Waals surface area contributed by atoms with Crippen molar-refractivity contribution in [1.29, 1.82) is 0 Å². The average molecular weight is 509 g/mol. The maximum absolute atomic E-state index is 12.5. The molecule has 1 fully saturated rings. The van der Waals surface area contributed by atoms with Crippen LogP contribution in [0.4, 0.5) is 0 Å². The van der Waals surface area contributed by atoms with Gasteiger partial charge in [-0.1, -0.05) is 0 Å². The molecule has 0 radical (unpaired) electrons. The number of hydrogen-bond donors (Lipinski definition) is 6. The zero-order valence-electron chi connectivity index (χ0n) is 19.5. The van der Waals surface area contributed by atoms with E-state index >= 15 is 0 Å². The monoisotopic (exact) mass is 508 g/mol. The normalized spacial score (nSPS) is 21.9. The molecule has 1 heterocycles. The van der Waals surface area contributed by atoms with Crippen molar-refractivity contribution >= 4 is 35.5 Å². The standard InChI is InChI=1S/C20H36N4O9S/c1-20(31)15(10-16(25)24(20)6-7-33-9-8-32-2)34-12-14(18(28)23-11-17(26)27)22-5-3-4-13(21)19(29)30/h13-15,22,31H,3-12,21H2,1-2H3,(H,23,28)(H,26,27)(H,29,30)/t13-,14-,15?,20?/m0/s1. The number of hydrogen-bond acceptors (Lipinski definition) is 10. The van der Waals surface area contributed by atoms with E-state index in [0.29, 0.717) is 19.6 Å². The van der Waals surface area contributed by atoms with Crippen molar-refractivity contribution in [3.05, 3.63) is 0 Å². The summed E-state index contributed by atoms with van der Waals surface area (Å²) in [7, 11) is 1.55. The molecule has 7 N–H and O–H groups in total. The molecule has 4 atom stereocenters. The second-order valence-electron chi connectivity index (χ2n) is 7.98. The van der Waals surface area contributed by atoms with Crippen LogP contribution >= 0.6 is 11.8 Å². The minimum absolute atomic E-state index is 0.0761. The first kappa shape index (κ1) is 30.1. The second-order valence-corrected chi connectivity index (χ2v) is 9.21. The number of carbonyl (C=O) groups excluding carboxylic acids is 2. The van der Waals surface area contributed by atoms with Crippen LogP contribution in [0.5, 0.6) is 0 Å². The van der Waals surface area contributed by atoms with E-state index in [1.807, 2.05) is 0 Å². The SMILES string of the molecule is COCCOCCN1C(=O)CC(SC[C@H](NCCC[C@H](N)C(=O)O)C(=O)NCC(=O)O)C1(C)O. The van der Waals surface area contributed by atoms with Crippen molar-refractivity contribution in [3.63, 3.8) is 0 Å². The largest absolute Gasteiger partial charge is 0.480 e. The number of nitrogens with one attached hydrogen (secondary N) is 2. The highest BCUT2D eigenvalue weighted by atomic mass is 32.2. The Balaban J connectivity index is 2.66. The Hall–Kier alpha value is -1.97. The predicted molar refractivity (Wildman–Crippen MR) is 123 cm³/mol. The number of nitrogens with zero attached hydrogens (tertiary/aromatic N) is 1. The molecule has 0 aromatic rings. The quantitative estimate of drug-likeness (QED) is 0.112. The second kappa shape index (κ2) is 15.1. The van der Waals surface area contributed by atoms with Gasteiger partial charge in [-0.15, -0.1) is 0 Å². The number of carboxylic acids is 2. The van der Waals surface area contributed by atoms with E-state index in [9.17, 15) is 24.3 Å². The molecule has 0 aromatic heterocycles. The lowest BCUT2D eigenvalue weighted by Crippen LogP contribution is -2.51. The lowest BCUT2D eigenvalue weighted by atomic mass is 10.1. The number of aliphatic hydroxyl groups is 1. The van der Waals surface area contributed by atoms with Crippen LogP contribution in [-0.2, 0) is 28.7 Å². The van der Waals surface area contributed by atoms with E-state index in [1.165, 1.54) is 23.6 Å². The minimum Gasteiger partial charge on any atom is -0.480 e. The molecule has 1 aliphatic rings. The molecule has 14 heteroatoms. The van der Waals surface area contributed by atoms with Crippen molar-refractivity contribution in [3.8, 4) is 0 Å². The van der Waals surface area contributed by atoms with Crippen LogP contribution in [0.15, 0.2) is 0 Å². The summed E-state index contributed by atoms with van der Waals surface area (Å²) in [4.78, 5) is 47.9. The topological polar surface area (TPSA) is 201 Å². The van der Waals surface area contributed by atoms with Gasteiger partial charge in [-0.25, -0.2) is 0 Å². The number of aliphatic carboxylic acids is 2. The zero-order valence-corrected chi connectivity index (χ0v) is 20.3. The predicted octanol–water partition coefficient (Wildman–Crippen LogP) is -1.96.